The van der Waals surface area contributed by atoms with Crippen LogP contribution in [-0.4, -0.2) is 17.1 Å². The van der Waals surface area contributed by atoms with Gasteiger partial charge in [0.25, 0.3) is 0 Å². The number of carbonyl (C=O) groups excluding carboxylic acids is 1. The van der Waals surface area contributed by atoms with Crippen LogP contribution in [0, 0.1) is 5.92 Å². The highest BCUT2D eigenvalue weighted by Crippen LogP contribution is 2.42. The predicted octanol–water partition coefficient (Wildman–Crippen LogP) is 3.40. The van der Waals surface area contributed by atoms with E-state index in [1.165, 1.54) is 0 Å². The smallest absolute Gasteiger partial charge is 0.228 e. The summed E-state index contributed by atoms with van der Waals surface area (Å²) in [6.45, 7) is 1.92. The van der Waals surface area contributed by atoms with E-state index >= 15 is 0 Å². The molecule has 1 aliphatic rings. The van der Waals surface area contributed by atoms with E-state index in [-0.39, 0.29) is 17.9 Å². The Hall–Kier alpha value is -2.07. The molecule has 4 nitrogen and oxygen atoms in total. The minimum Gasteiger partial charge on any atom is -0.467 e. The maximum Gasteiger partial charge on any atom is 0.228 e. The van der Waals surface area contributed by atoms with Gasteiger partial charge in [-0.15, -0.1) is 0 Å². The zero-order valence-electron chi connectivity index (χ0n) is 13.3. The van der Waals surface area contributed by atoms with Crippen LogP contribution in [0.5, 0.6) is 0 Å². The van der Waals surface area contributed by atoms with Crippen molar-refractivity contribution in [3.63, 3.8) is 0 Å². The molecular weight excluding hydrogens is 290 g/mol. The number of furan rings is 1. The lowest BCUT2D eigenvalue weighted by molar-refractivity contribution is -0.123. The number of carbonyl (C=O) groups is 1. The molecule has 4 heteroatoms. The van der Waals surface area contributed by atoms with Gasteiger partial charge in [0.2, 0.25) is 5.91 Å². The van der Waals surface area contributed by atoms with E-state index in [1.807, 2.05) is 37.3 Å². The Morgan fingerprint density at radius 3 is 2.61 bits per heavy atom. The fraction of sp³-hybridized carbons (Fsp3) is 0.421. The Labute approximate surface area is 136 Å². The SMILES string of the molecule is CC(CC(O)c1ccco1)NC(=O)C(c1ccccc1)C1CC1. The van der Waals surface area contributed by atoms with Crippen molar-refractivity contribution in [1.29, 1.82) is 0 Å². The van der Waals surface area contributed by atoms with Crippen molar-refractivity contribution < 1.29 is 14.3 Å². The van der Waals surface area contributed by atoms with Gasteiger partial charge in [-0.1, -0.05) is 30.3 Å². The number of hydrogen-bond donors (Lipinski definition) is 2. The average molecular weight is 313 g/mol. The maximum absolute atomic E-state index is 12.7. The van der Waals surface area contributed by atoms with Crippen molar-refractivity contribution in [2.45, 2.75) is 44.2 Å². The van der Waals surface area contributed by atoms with E-state index in [0.717, 1.165) is 18.4 Å². The first kappa shape index (κ1) is 15.8. The normalized spacial score (nSPS) is 18.2. The van der Waals surface area contributed by atoms with Crippen LogP contribution in [0.1, 0.15) is 49.5 Å². The first-order chi connectivity index (χ1) is 11.1. The highest BCUT2D eigenvalue weighted by molar-refractivity contribution is 5.84. The Balaban J connectivity index is 1.60. The van der Waals surface area contributed by atoms with E-state index in [2.05, 4.69) is 5.32 Å². The quantitative estimate of drug-likeness (QED) is 0.823. The summed E-state index contributed by atoms with van der Waals surface area (Å²) in [6.07, 6.45) is 3.50. The summed E-state index contributed by atoms with van der Waals surface area (Å²) in [4.78, 5) is 12.7. The van der Waals surface area contributed by atoms with Gasteiger partial charge in [0.15, 0.2) is 0 Å². The molecular formula is C19H23NO3. The molecule has 2 N–H and O–H groups in total. The lowest BCUT2D eigenvalue weighted by Gasteiger charge is -2.21. The van der Waals surface area contributed by atoms with Crippen LogP contribution in [0.15, 0.2) is 53.1 Å². The molecule has 1 saturated carbocycles. The number of nitrogens with one attached hydrogen (secondary N) is 1. The number of hydrogen-bond acceptors (Lipinski definition) is 3. The molecule has 1 aromatic carbocycles. The molecule has 1 heterocycles. The van der Waals surface area contributed by atoms with Gasteiger partial charge in [0.05, 0.1) is 12.2 Å². The van der Waals surface area contributed by atoms with Crippen molar-refractivity contribution >= 4 is 5.91 Å². The van der Waals surface area contributed by atoms with Crippen molar-refractivity contribution in [3.05, 3.63) is 60.1 Å². The number of rotatable bonds is 7. The third-order valence-corrected chi connectivity index (χ3v) is 4.37. The van der Waals surface area contributed by atoms with Crippen LogP contribution in [0.25, 0.3) is 0 Å². The molecule has 23 heavy (non-hydrogen) atoms. The molecule has 1 fully saturated rings. The van der Waals surface area contributed by atoms with Crippen LogP contribution in [0.3, 0.4) is 0 Å². The van der Waals surface area contributed by atoms with Crippen LogP contribution >= 0.6 is 0 Å². The lowest BCUT2D eigenvalue weighted by atomic mass is 9.93. The third kappa shape index (κ3) is 4.02. The second kappa shape index (κ2) is 7.01. The van der Waals surface area contributed by atoms with Crippen molar-refractivity contribution in [2.75, 3.05) is 0 Å². The zero-order valence-corrected chi connectivity index (χ0v) is 13.3. The van der Waals surface area contributed by atoms with E-state index in [1.54, 1.807) is 18.4 Å². The molecule has 0 saturated heterocycles. The first-order valence-electron chi connectivity index (χ1n) is 8.22. The number of aliphatic hydroxyl groups is 1. The first-order valence-corrected chi connectivity index (χ1v) is 8.22. The fourth-order valence-electron chi connectivity index (χ4n) is 3.05. The Bertz CT molecular complexity index is 619. The molecule has 2 aromatic rings. The second-order valence-electron chi connectivity index (χ2n) is 6.40. The zero-order chi connectivity index (χ0) is 16.2. The molecule has 1 aromatic heterocycles. The number of amides is 1. The second-order valence-corrected chi connectivity index (χ2v) is 6.40. The standard InChI is InChI=1S/C19H23NO3/c1-13(12-16(21)17-8-5-11-23-17)20-19(22)18(15-9-10-15)14-6-3-2-4-7-14/h2-8,11,13,15-16,18,21H,9-10,12H2,1H3,(H,20,22). The maximum atomic E-state index is 12.7. The molecule has 1 aliphatic carbocycles. The highest BCUT2D eigenvalue weighted by Gasteiger charge is 2.37. The minimum atomic E-state index is -0.698. The molecule has 0 aliphatic heterocycles. The van der Waals surface area contributed by atoms with E-state index in [0.29, 0.717) is 18.1 Å². The fourth-order valence-corrected chi connectivity index (χ4v) is 3.05. The highest BCUT2D eigenvalue weighted by atomic mass is 16.4. The van der Waals surface area contributed by atoms with Crippen molar-refractivity contribution in [2.24, 2.45) is 5.92 Å². The van der Waals surface area contributed by atoms with Gasteiger partial charge < -0.3 is 14.8 Å². The molecule has 0 bridgehead atoms. The summed E-state index contributed by atoms with van der Waals surface area (Å²) in [5.74, 6) is 0.949. The topological polar surface area (TPSA) is 62.5 Å². The molecule has 0 spiro atoms. The van der Waals surface area contributed by atoms with Crippen LogP contribution in [-0.2, 0) is 4.79 Å². The lowest BCUT2D eigenvalue weighted by Crippen LogP contribution is -2.37. The Morgan fingerprint density at radius 2 is 2.00 bits per heavy atom. The summed E-state index contributed by atoms with van der Waals surface area (Å²) in [5, 5.41) is 13.2. The minimum absolute atomic E-state index is 0.0536. The van der Waals surface area contributed by atoms with E-state index in [4.69, 9.17) is 4.42 Å². The number of benzene rings is 1. The molecule has 1 amide bonds. The van der Waals surface area contributed by atoms with Crippen molar-refractivity contribution in [1.82, 2.24) is 5.32 Å². The summed E-state index contributed by atoms with van der Waals surface area (Å²) in [6, 6.07) is 13.3. The molecule has 3 atom stereocenters. The van der Waals surface area contributed by atoms with Crippen LogP contribution in [0.2, 0.25) is 0 Å². The monoisotopic (exact) mass is 313 g/mol. The predicted molar refractivity (Wildman–Crippen MR) is 87.8 cm³/mol. The van der Waals surface area contributed by atoms with Gasteiger partial charge in [-0.05, 0) is 43.4 Å². The molecule has 3 unspecified atom stereocenters. The Morgan fingerprint density at radius 1 is 1.26 bits per heavy atom. The number of aliphatic hydroxyl groups excluding tert-OH is 1. The molecule has 0 radical (unpaired) electrons. The summed E-state index contributed by atoms with van der Waals surface area (Å²) < 4.78 is 5.20. The van der Waals surface area contributed by atoms with Crippen molar-refractivity contribution in [3.8, 4) is 0 Å². The van der Waals surface area contributed by atoms with Gasteiger partial charge in [-0.3, -0.25) is 4.79 Å². The van der Waals surface area contributed by atoms with Crippen LogP contribution in [0.4, 0.5) is 0 Å². The van der Waals surface area contributed by atoms with Crippen LogP contribution < -0.4 is 5.32 Å². The van der Waals surface area contributed by atoms with Gasteiger partial charge >= 0.3 is 0 Å². The van der Waals surface area contributed by atoms with E-state index < -0.39 is 6.10 Å². The van der Waals surface area contributed by atoms with E-state index in [9.17, 15) is 9.90 Å². The van der Waals surface area contributed by atoms with Gasteiger partial charge in [0, 0.05) is 12.5 Å². The summed E-state index contributed by atoms with van der Waals surface area (Å²) >= 11 is 0. The third-order valence-electron chi connectivity index (χ3n) is 4.37. The summed E-state index contributed by atoms with van der Waals surface area (Å²) in [5.41, 5.74) is 1.08. The largest absolute Gasteiger partial charge is 0.467 e. The molecule has 3 rings (SSSR count). The Kier molecular flexibility index (Phi) is 4.82. The van der Waals surface area contributed by atoms with Gasteiger partial charge in [-0.25, -0.2) is 0 Å². The summed E-state index contributed by atoms with van der Waals surface area (Å²) in [7, 11) is 0. The molecule has 122 valence electrons. The van der Waals surface area contributed by atoms with Gasteiger partial charge in [0.1, 0.15) is 11.9 Å². The average Bonchev–Trinajstić information content (AvgIpc) is 3.20. The van der Waals surface area contributed by atoms with Gasteiger partial charge in [-0.2, -0.15) is 0 Å².